The van der Waals surface area contributed by atoms with Crippen molar-refractivity contribution in [3.63, 3.8) is 0 Å². The molecule has 0 spiro atoms. The Kier molecular flexibility index (Phi) is 4.66. The van der Waals surface area contributed by atoms with Crippen LogP contribution in [0.4, 0.5) is 0 Å². The summed E-state index contributed by atoms with van der Waals surface area (Å²) in [5.41, 5.74) is 1.15. The van der Waals surface area contributed by atoms with E-state index in [2.05, 4.69) is 30.3 Å². The summed E-state index contributed by atoms with van der Waals surface area (Å²) in [6, 6.07) is 6.75. The number of nitrogens with one attached hydrogen (secondary N) is 1. The van der Waals surface area contributed by atoms with E-state index in [0.717, 1.165) is 23.6 Å². The molecule has 2 rings (SSSR count). The number of hydrogen-bond donors (Lipinski definition) is 1. The van der Waals surface area contributed by atoms with E-state index >= 15 is 0 Å². The molecule has 0 bridgehead atoms. The zero-order valence-electron chi connectivity index (χ0n) is 12.3. The Morgan fingerprint density at radius 3 is 2.68 bits per heavy atom. The summed E-state index contributed by atoms with van der Waals surface area (Å²) in [6.45, 7) is 4.45. The second kappa shape index (κ2) is 6.26. The van der Waals surface area contributed by atoms with Crippen LogP contribution < -0.4 is 14.8 Å². The number of methoxy groups -OCH3 is 2. The standard InChI is InChI=1S/C15H24N2O2/c1-11(16-12-7-8-17(2)10-12)14-9-13(18-3)5-6-15(14)19-4/h5-6,9,11-12,16H,7-8,10H2,1-4H3. The van der Waals surface area contributed by atoms with E-state index in [1.165, 1.54) is 13.0 Å². The van der Waals surface area contributed by atoms with Gasteiger partial charge in [0.1, 0.15) is 11.5 Å². The molecule has 0 amide bonds. The summed E-state index contributed by atoms with van der Waals surface area (Å²) >= 11 is 0. The Morgan fingerprint density at radius 2 is 2.11 bits per heavy atom. The van der Waals surface area contributed by atoms with E-state index in [1.807, 2.05) is 12.1 Å². The molecule has 1 aromatic rings. The van der Waals surface area contributed by atoms with Crippen molar-refractivity contribution < 1.29 is 9.47 Å². The molecule has 106 valence electrons. The van der Waals surface area contributed by atoms with Crippen molar-refractivity contribution in [1.82, 2.24) is 10.2 Å². The van der Waals surface area contributed by atoms with Crippen LogP contribution in [0.1, 0.15) is 24.9 Å². The number of likely N-dealkylation sites (N-methyl/N-ethyl adjacent to an activating group) is 1. The van der Waals surface area contributed by atoms with E-state index in [4.69, 9.17) is 9.47 Å². The Bertz CT molecular complexity index is 423. The topological polar surface area (TPSA) is 33.7 Å². The fraction of sp³-hybridized carbons (Fsp3) is 0.600. The Labute approximate surface area is 115 Å². The summed E-state index contributed by atoms with van der Waals surface area (Å²) in [7, 11) is 5.56. The Hall–Kier alpha value is -1.26. The molecular weight excluding hydrogens is 240 g/mol. The number of likely N-dealkylation sites (tertiary alicyclic amines) is 1. The number of benzene rings is 1. The van der Waals surface area contributed by atoms with Crippen LogP contribution in [0.5, 0.6) is 11.5 Å². The van der Waals surface area contributed by atoms with Crippen molar-refractivity contribution >= 4 is 0 Å². The van der Waals surface area contributed by atoms with Gasteiger partial charge in [0.15, 0.2) is 0 Å². The number of nitrogens with zero attached hydrogens (tertiary/aromatic N) is 1. The second-order valence-electron chi connectivity index (χ2n) is 5.24. The maximum atomic E-state index is 5.45. The first-order valence-corrected chi connectivity index (χ1v) is 6.80. The van der Waals surface area contributed by atoms with Crippen molar-refractivity contribution in [2.45, 2.75) is 25.4 Å². The summed E-state index contributed by atoms with van der Waals surface area (Å²) in [5.74, 6) is 1.78. The van der Waals surface area contributed by atoms with Gasteiger partial charge in [-0.3, -0.25) is 0 Å². The second-order valence-corrected chi connectivity index (χ2v) is 5.24. The molecule has 4 heteroatoms. The van der Waals surface area contributed by atoms with Gasteiger partial charge in [0, 0.05) is 24.2 Å². The number of hydrogen-bond acceptors (Lipinski definition) is 4. The molecule has 2 unspecified atom stereocenters. The lowest BCUT2D eigenvalue weighted by atomic mass is 10.1. The van der Waals surface area contributed by atoms with Crippen LogP contribution in [-0.2, 0) is 0 Å². The first kappa shape index (κ1) is 14.2. The molecule has 1 N–H and O–H groups in total. The minimum Gasteiger partial charge on any atom is -0.497 e. The van der Waals surface area contributed by atoms with Crippen LogP contribution in [-0.4, -0.2) is 45.3 Å². The third-order valence-corrected chi connectivity index (χ3v) is 3.78. The van der Waals surface area contributed by atoms with Crippen LogP contribution in [0.25, 0.3) is 0 Å². The van der Waals surface area contributed by atoms with E-state index in [-0.39, 0.29) is 6.04 Å². The van der Waals surface area contributed by atoms with Crippen LogP contribution >= 0.6 is 0 Å². The zero-order chi connectivity index (χ0) is 13.8. The molecule has 0 radical (unpaired) electrons. The van der Waals surface area contributed by atoms with Crippen molar-refractivity contribution in [1.29, 1.82) is 0 Å². The minimum atomic E-state index is 0.251. The van der Waals surface area contributed by atoms with Gasteiger partial charge in [0.2, 0.25) is 0 Å². The molecule has 1 fully saturated rings. The van der Waals surface area contributed by atoms with E-state index in [9.17, 15) is 0 Å². The van der Waals surface area contributed by atoms with Crippen molar-refractivity contribution in [3.8, 4) is 11.5 Å². The van der Waals surface area contributed by atoms with Gasteiger partial charge in [0.25, 0.3) is 0 Å². The molecule has 4 nitrogen and oxygen atoms in total. The molecule has 2 atom stereocenters. The van der Waals surface area contributed by atoms with Gasteiger partial charge >= 0.3 is 0 Å². The summed E-state index contributed by atoms with van der Waals surface area (Å²) < 4.78 is 10.7. The average molecular weight is 264 g/mol. The highest BCUT2D eigenvalue weighted by Crippen LogP contribution is 2.29. The van der Waals surface area contributed by atoms with Crippen molar-refractivity contribution in [2.24, 2.45) is 0 Å². The first-order chi connectivity index (χ1) is 9.13. The van der Waals surface area contributed by atoms with Gasteiger partial charge in [-0.1, -0.05) is 0 Å². The molecule has 0 aliphatic carbocycles. The summed E-state index contributed by atoms with van der Waals surface area (Å²) in [5, 5.41) is 3.67. The minimum absolute atomic E-state index is 0.251. The fourth-order valence-corrected chi connectivity index (χ4v) is 2.69. The Morgan fingerprint density at radius 1 is 1.32 bits per heavy atom. The first-order valence-electron chi connectivity index (χ1n) is 6.80. The summed E-state index contributed by atoms with van der Waals surface area (Å²) in [4.78, 5) is 2.35. The van der Waals surface area contributed by atoms with Crippen LogP contribution in [0.15, 0.2) is 18.2 Å². The monoisotopic (exact) mass is 264 g/mol. The van der Waals surface area contributed by atoms with E-state index in [1.54, 1.807) is 14.2 Å². The molecule has 0 aromatic heterocycles. The van der Waals surface area contributed by atoms with Crippen molar-refractivity contribution in [2.75, 3.05) is 34.4 Å². The van der Waals surface area contributed by atoms with Gasteiger partial charge in [0.05, 0.1) is 14.2 Å². The Balaban J connectivity index is 2.10. The largest absolute Gasteiger partial charge is 0.497 e. The lowest BCUT2D eigenvalue weighted by Crippen LogP contribution is -2.33. The molecule has 1 aromatic carbocycles. The maximum Gasteiger partial charge on any atom is 0.123 e. The van der Waals surface area contributed by atoms with Gasteiger partial charge in [-0.05, 0) is 45.1 Å². The molecule has 0 saturated carbocycles. The molecule has 1 aliphatic heterocycles. The third kappa shape index (κ3) is 3.39. The van der Waals surface area contributed by atoms with Gasteiger partial charge < -0.3 is 19.7 Å². The predicted octanol–water partition coefficient (Wildman–Crippen LogP) is 2.06. The van der Waals surface area contributed by atoms with Gasteiger partial charge in [-0.15, -0.1) is 0 Å². The number of ether oxygens (including phenoxy) is 2. The molecule has 1 heterocycles. The lowest BCUT2D eigenvalue weighted by Gasteiger charge is -2.22. The summed E-state index contributed by atoms with van der Waals surface area (Å²) in [6.07, 6.45) is 1.20. The van der Waals surface area contributed by atoms with Crippen LogP contribution in [0.2, 0.25) is 0 Å². The SMILES string of the molecule is COc1ccc(OC)c(C(C)NC2CCN(C)C2)c1. The van der Waals surface area contributed by atoms with Gasteiger partial charge in [-0.25, -0.2) is 0 Å². The highest BCUT2D eigenvalue weighted by atomic mass is 16.5. The molecule has 1 aliphatic rings. The van der Waals surface area contributed by atoms with Crippen LogP contribution in [0, 0.1) is 0 Å². The zero-order valence-corrected chi connectivity index (χ0v) is 12.3. The van der Waals surface area contributed by atoms with E-state index in [0.29, 0.717) is 6.04 Å². The average Bonchev–Trinajstić information content (AvgIpc) is 2.83. The highest BCUT2D eigenvalue weighted by Gasteiger charge is 2.22. The van der Waals surface area contributed by atoms with Crippen molar-refractivity contribution in [3.05, 3.63) is 23.8 Å². The van der Waals surface area contributed by atoms with E-state index < -0.39 is 0 Å². The number of rotatable bonds is 5. The normalized spacial score (nSPS) is 21.4. The fourth-order valence-electron chi connectivity index (χ4n) is 2.69. The predicted molar refractivity (Wildman–Crippen MR) is 77.0 cm³/mol. The third-order valence-electron chi connectivity index (χ3n) is 3.78. The molecule has 19 heavy (non-hydrogen) atoms. The highest BCUT2D eigenvalue weighted by molar-refractivity contribution is 5.42. The smallest absolute Gasteiger partial charge is 0.123 e. The lowest BCUT2D eigenvalue weighted by molar-refractivity contribution is 0.372. The maximum absolute atomic E-state index is 5.45. The van der Waals surface area contributed by atoms with Crippen LogP contribution in [0.3, 0.4) is 0 Å². The van der Waals surface area contributed by atoms with Gasteiger partial charge in [-0.2, -0.15) is 0 Å². The molecular formula is C15H24N2O2. The quantitative estimate of drug-likeness (QED) is 0.882. The molecule has 1 saturated heterocycles.